The first-order valence-corrected chi connectivity index (χ1v) is 20.3. The highest BCUT2D eigenvalue weighted by Crippen LogP contribution is 2.45. The van der Waals surface area contributed by atoms with Crippen LogP contribution >= 0.6 is 0 Å². The summed E-state index contributed by atoms with van der Waals surface area (Å²) in [5.74, 6) is -2.67. The van der Waals surface area contributed by atoms with Gasteiger partial charge in [-0.05, 0) is 89.3 Å². The lowest BCUT2D eigenvalue weighted by atomic mass is 9.88. The third-order valence-corrected chi connectivity index (χ3v) is 11.6. The van der Waals surface area contributed by atoms with Gasteiger partial charge in [0.05, 0.1) is 24.4 Å². The average Bonchev–Trinajstić information content (AvgIpc) is 3.76. The summed E-state index contributed by atoms with van der Waals surface area (Å²) in [6.45, 7) is 9.85. The van der Waals surface area contributed by atoms with Crippen LogP contribution in [0.1, 0.15) is 71.3 Å². The van der Waals surface area contributed by atoms with Crippen LogP contribution in [0.15, 0.2) is 67.3 Å². The summed E-state index contributed by atoms with van der Waals surface area (Å²) in [5.41, 5.74) is 1.21. The molecule has 308 valence electrons. The van der Waals surface area contributed by atoms with Gasteiger partial charge in [-0.25, -0.2) is 19.4 Å². The Kier molecular flexibility index (Phi) is 11.7. The molecule has 2 aromatic carbocycles. The lowest BCUT2D eigenvalue weighted by Crippen LogP contribution is -2.59. The molecule has 4 bridgehead atoms. The van der Waals surface area contributed by atoms with Gasteiger partial charge in [0.1, 0.15) is 35.1 Å². The fraction of sp³-hybridized carbons (Fsp3) is 0.500. The normalized spacial score (nSPS) is 25.8. The van der Waals surface area contributed by atoms with Gasteiger partial charge in [-0.1, -0.05) is 42.5 Å². The highest BCUT2D eigenvalue weighted by Gasteiger charge is 2.61. The summed E-state index contributed by atoms with van der Waals surface area (Å²) in [6, 6.07) is 15.5. The number of aliphatic carboxylic acids is 1. The van der Waals surface area contributed by atoms with E-state index >= 15 is 0 Å². The zero-order chi connectivity index (χ0) is 41.2. The molecule has 58 heavy (non-hydrogen) atoms. The highest BCUT2D eigenvalue weighted by atomic mass is 16.6. The van der Waals surface area contributed by atoms with Gasteiger partial charge in [0, 0.05) is 42.4 Å². The number of rotatable bonds is 6. The Morgan fingerprint density at radius 2 is 1.81 bits per heavy atom. The molecular formula is C44H53N5O9. The van der Waals surface area contributed by atoms with Crippen molar-refractivity contribution >= 4 is 40.9 Å². The molecule has 1 aliphatic carbocycles. The Balaban J connectivity index is 1.23. The summed E-state index contributed by atoms with van der Waals surface area (Å²) in [6.07, 6.45) is 3.68. The van der Waals surface area contributed by atoms with Crippen LogP contribution in [0.3, 0.4) is 0 Å². The van der Waals surface area contributed by atoms with Crippen LogP contribution in [0, 0.1) is 11.8 Å². The zero-order valence-electron chi connectivity index (χ0n) is 33.4. The first-order chi connectivity index (χ1) is 27.7. The first-order valence-electron chi connectivity index (χ1n) is 20.3. The summed E-state index contributed by atoms with van der Waals surface area (Å²) >= 11 is 0. The highest BCUT2D eigenvalue weighted by molar-refractivity contribution is 5.96. The maximum Gasteiger partial charge on any atom is 0.410 e. The number of amides is 4. The number of benzene rings is 2. The van der Waals surface area contributed by atoms with Gasteiger partial charge >= 0.3 is 18.2 Å². The molecule has 4 heterocycles. The number of carbonyl (C=O) groups excluding carboxylic acids is 4. The molecule has 5 atom stereocenters. The second-order valence-electron chi connectivity index (χ2n) is 16.9. The predicted octanol–water partition coefficient (Wildman–Crippen LogP) is 5.86. The van der Waals surface area contributed by atoms with Crippen LogP contribution in [0.5, 0.6) is 5.75 Å². The third-order valence-electron chi connectivity index (χ3n) is 11.6. The molecule has 1 unspecified atom stereocenters. The number of nitrogens with zero attached hydrogens (tertiary/aromatic N) is 3. The molecule has 4 amide bonds. The topological polar surface area (TPSA) is 177 Å². The number of nitrogens with one attached hydrogen (secondary N) is 2. The number of pyridine rings is 1. The molecule has 3 aromatic rings. The second kappa shape index (κ2) is 16.7. The Hall–Kier alpha value is -5.66. The SMILES string of the molecule is C=C[C@H]1C[C@]1(NC(=O)[C@@H]1C[C@@H]2CN1C(=O)C(C1CCN(C(=O)OC(C)(C)C)CC1)NC(=O)OCCCCCc1ccc3nc(-c4ccccc4)cc(c3c1)O2)C(=O)O. The number of piperidine rings is 1. The van der Waals surface area contributed by atoms with Crippen LogP contribution in [-0.4, -0.2) is 105 Å². The summed E-state index contributed by atoms with van der Waals surface area (Å²) in [4.78, 5) is 75.9. The largest absolute Gasteiger partial charge is 0.488 e. The number of hydrogen-bond donors (Lipinski definition) is 3. The molecule has 7 rings (SSSR count). The number of aryl methyl sites for hydroxylation is 1. The standard InChI is InChI=1S/C44H53N5O9/c1-5-30-25-44(30,40(52)53)47-38(50)35-23-31-26-49(35)39(51)37(29-17-19-48(20-18-29)42(55)58-43(2,3)4)46-41(54)56-21-11-7-8-12-27-15-16-33-32(22-27)36(57-31)24-34(45-33)28-13-9-6-10-14-28/h5-6,9-10,13-16,22,24,29-31,35,37H,1,7-8,11-12,17-21,23,25-26H2,2-4H3,(H,46,54)(H,47,50)(H,52,53)/t30-,31+,35-,37?,44+/m0/s1. The molecule has 1 saturated carbocycles. The van der Waals surface area contributed by atoms with Crippen molar-refractivity contribution < 1.29 is 43.3 Å². The fourth-order valence-electron chi connectivity index (χ4n) is 8.37. The molecule has 3 fully saturated rings. The average molecular weight is 796 g/mol. The minimum atomic E-state index is -1.53. The van der Waals surface area contributed by atoms with Gasteiger partial charge in [-0.15, -0.1) is 6.58 Å². The van der Waals surface area contributed by atoms with Crippen molar-refractivity contribution in [2.45, 2.75) is 101 Å². The lowest BCUT2D eigenvalue weighted by Gasteiger charge is -2.38. The lowest BCUT2D eigenvalue weighted by molar-refractivity contribution is -0.146. The Morgan fingerprint density at radius 1 is 1.05 bits per heavy atom. The Morgan fingerprint density at radius 3 is 2.50 bits per heavy atom. The number of carboxylic acid groups (broad SMARTS) is 1. The monoisotopic (exact) mass is 795 g/mol. The van der Waals surface area contributed by atoms with Crippen LogP contribution < -0.4 is 15.4 Å². The van der Waals surface area contributed by atoms with Gasteiger partial charge in [0.25, 0.3) is 0 Å². The van der Waals surface area contributed by atoms with Gasteiger partial charge in [-0.2, -0.15) is 0 Å². The van der Waals surface area contributed by atoms with Crippen LogP contribution in [-0.2, 0) is 30.3 Å². The number of ether oxygens (including phenoxy) is 3. The van der Waals surface area contributed by atoms with Crippen molar-refractivity contribution in [3.63, 3.8) is 0 Å². The van der Waals surface area contributed by atoms with Crippen molar-refractivity contribution in [3.8, 4) is 17.0 Å². The fourth-order valence-corrected chi connectivity index (χ4v) is 8.37. The molecule has 2 saturated heterocycles. The van der Waals surface area contributed by atoms with E-state index in [0.717, 1.165) is 41.3 Å². The van der Waals surface area contributed by atoms with Crippen LogP contribution in [0.4, 0.5) is 9.59 Å². The first kappa shape index (κ1) is 40.5. The van der Waals surface area contributed by atoms with E-state index in [1.807, 2.05) is 42.5 Å². The van der Waals surface area contributed by atoms with Crippen molar-refractivity contribution in [3.05, 3.63) is 72.8 Å². The molecular weight excluding hydrogens is 743 g/mol. The maximum atomic E-state index is 14.9. The van der Waals surface area contributed by atoms with E-state index in [0.29, 0.717) is 43.8 Å². The van der Waals surface area contributed by atoms with Crippen molar-refractivity contribution in [2.75, 3.05) is 26.2 Å². The summed E-state index contributed by atoms with van der Waals surface area (Å²) in [5, 5.41) is 16.5. The number of hydrogen-bond acceptors (Lipinski definition) is 9. The van der Waals surface area contributed by atoms with E-state index in [-0.39, 0.29) is 26.0 Å². The van der Waals surface area contributed by atoms with E-state index in [1.54, 1.807) is 25.7 Å². The molecule has 14 heteroatoms. The Labute approximate surface area is 338 Å². The second-order valence-corrected chi connectivity index (χ2v) is 16.9. The quantitative estimate of drug-likeness (QED) is 0.256. The van der Waals surface area contributed by atoms with Gasteiger partial charge in [-0.3, -0.25) is 9.59 Å². The maximum absolute atomic E-state index is 14.9. The molecule has 1 aromatic heterocycles. The van der Waals surface area contributed by atoms with Gasteiger partial charge in [0.2, 0.25) is 11.8 Å². The van der Waals surface area contributed by atoms with Crippen molar-refractivity contribution in [1.82, 2.24) is 25.4 Å². The van der Waals surface area contributed by atoms with Gasteiger partial charge < -0.3 is 39.8 Å². The van der Waals surface area contributed by atoms with Crippen LogP contribution in [0.2, 0.25) is 0 Å². The van der Waals surface area contributed by atoms with Crippen LogP contribution in [0.25, 0.3) is 22.2 Å². The summed E-state index contributed by atoms with van der Waals surface area (Å²) in [7, 11) is 0. The summed E-state index contributed by atoms with van der Waals surface area (Å²) < 4.78 is 18.0. The van der Waals surface area contributed by atoms with Gasteiger partial charge in [0.15, 0.2) is 0 Å². The number of cyclic esters (lactones) is 1. The van der Waals surface area contributed by atoms with E-state index in [9.17, 15) is 29.1 Å². The van der Waals surface area contributed by atoms with E-state index < -0.39 is 71.1 Å². The minimum absolute atomic E-state index is 0.0178. The third kappa shape index (κ3) is 8.90. The number of aromatic nitrogens is 1. The van der Waals surface area contributed by atoms with E-state index in [1.165, 1.54) is 11.0 Å². The smallest absolute Gasteiger partial charge is 0.410 e. The predicted molar refractivity (Wildman–Crippen MR) is 215 cm³/mol. The van der Waals surface area contributed by atoms with Crippen molar-refractivity contribution in [2.24, 2.45) is 11.8 Å². The molecule has 0 spiro atoms. The molecule has 0 radical (unpaired) electrons. The number of carboxylic acids is 1. The molecule has 3 aliphatic heterocycles. The Bertz CT molecular complexity index is 2060. The van der Waals surface area contributed by atoms with E-state index in [2.05, 4.69) is 29.3 Å². The molecule has 3 N–H and O–H groups in total. The number of likely N-dealkylation sites (tertiary alicyclic amines) is 1. The minimum Gasteiger partial charge on any atom is -0.488 e. The zero-order valence-corrected chi connectivity index (χ0v) is 33.4. The number of alkyl carbamates (subject to hydrolysis) is 1. The number of fused-ring (bicyclic) bond motifs is 3. The van der Waals surface area contributed by atoms with E-state index in [4.69, 9.17) is 19.2 Å². The van der Waals surface area contributed by atoms with Crippen molar-refractivity contribution in [1.29, 1.82) is 0 Å². The molecule has 4 aliphatic rings. The molecule has 14 nitrogen and oxygen atoms in total. The number of carbonyl (C=O) groups is 5.